The van der Waals surface area contributed by atoms with E-state index in [1.165, 1.54) is 4.90 Å². The minimum absolute atomic E-state index is 0.193. The fourth-order valence-corrected chi connectivity index (χ4v) is 3.20. The number of nitrogens with one attached hydrogen (secondary N) is 1. The Kier molecular flexibility index (Phi) is 5.62. The fourth-order valence-electron chi connectivity index (χ4n) is 3.20. The molecule has 1 aliphatic heterocycles. The molecule has 0 aromatic carbocycles. The first-order valence-corrected chi connectivity index (χ1v) is 9.26. The van der Waals surface area contributed by atoms with Crippen LogP contribution in [-0.2, 0) is 0 Å². The topological polar surface area (TPSA) is 96.4 Å². The summed E-state index contributed by atoms with van der Waals surface area (Å²) >= 11 is 0. The Hall–Kier alpha value is -2.97. The van der Waals surface area contributed by atoms with E-state index in [1.807, 2.05) is 26.8 Å². The highest BCUT2D eigenvalue weighted by atomic mass is 16.5. The van der Waals surface area contributed by atoms with Crippen LogP contribution in [0, 0.1) is 20.8 Å². The molecule has 3 rings (SSSR count). The van der Waals surface area contributed by atoms with Crippen molar-refractivity contribution >= 4 is 17.5 Å². The van der Waals surface area contributed by atoms with E-state index in [2.05, 4.69) is 30.2 Å². The lowest BCUT2D eigenvalue weighted by atomic mass is 10.2. The van der Waals surface area contributed by atoms with Gasteiger partial charge in [0.15, 0.2) is 0 Å². The number of hydrogen-bond acceptors (Lipinski definition) is 8. The van der Waals surface area contributed by atoms with Crippen LogP contribution in [-0.4, -0.2) is 71.1 Å². The number of methoxy groups -OCH3 is 1. The summed E-state index contributed by atoms with van der Waals surface area (Å²) in [6.45, 7) is 7.42. The molecule has 9 nitrogen and oxygen atoms in total. The van der Waals surface area contributed by atoms with Crippen LogP contribution in [0.1, 0.15) is 34.0 Å². The van der Waals surface area contributed by atoms with Crippen molar-refractivity contribution in [3.05, 3.63) is 28.8 Å². The Morgan fingerprint density at radius 2 is 1.96 bits per heavy atom. The van der Waals surface area contributed by atoms with Crippen molar-refractivity contribution in [2.75, 3.05) is 44.5 Å². The summed E-state index contributed by atoms with van der Waals surface area (Å²) in [6.07, 6.45) is 0.935. The van der Waals surface area contributed by atoms with Crippen molar-refractivity contribution in [2.45, 2.75) is 33.2 Å². The third-order valence-corrected chi connectivity index (χ3v) is 4.82. The summed E-state index contributed by atoms with van der Waals surface area (Å²) in [5, 5.41) is 3.45. The molecule has 2 aromatic rings. The van der Waals surface area contributed by atoms with E-state index in [1.54, 1.807) is 21.2 Å². The molecule has 1 fully saturated rings. The lowest BCUT2D eigenvalue weighted by molar-refractivity contribution is 0.0815. The predicted molar refractivity (Wildman–Crippen MR) is 107 cm³/mol. The van der Waals surface area contributed by atoms with Gasteiger partial charge in [-0.25, -0.2) is 15.0 Å². The van der Waals surface area contributed by atoms with Gasteiger partial charge in [-0.05, 0) is 27.2 Å². The van der Waals surface area contributed by atoms with Crippen LogP contribution in [0.5, 0.6) is 6.01 Å². The summed E-state index contributed by atoms with van der Waals surface area (Å²) in [6, 6.07) is 2.46. The van der Waals surface area contributed by atoms with E-state index >= 15 is 0 Å². The highest BCUT2D eigenvalue weighted by Crippen LogP contribution is 2.25. The molecule has 1 saturated heterocycles. The maximum absolute atomic E-state index is 12.3. The molecule has 150 valence electrons. The van der Waals surface area contributed by atoms with Crippen molar-refractivity contribution in [1.82, 2.24) is 24.8 Å². The molecular formula is C19H27N7O2. The predicted octanol–water partition coefficient (Wildman–Crippen LogP) is 1.59. The van der Waals surface area contributed by atoms with Crippen molar-refractivity contribution in [2.24, 2.45) is 0 Å². The first-order valence-electron chi connectivity index (χ1n) is 9.26. The minimum atomic E-state index is -0.193. The zero-order valence-corrected chi connectivity index (χ0v) is 17.3. The number of carbonyl (C=O) groups is 1. The Bertz CT molecular complexity index is 885. The zero-order valence-electron chi connectivity index (χ0n) is 17.3. The number of ether oxygens (including phenoxy) is 1. The van der Waals surface area contributed by atoms with Gasteiger partial charge < -0.3 is 19.9 Å². The molecule has 0 radical (unpaired) electrons. The van der Waals surface area contributed by atoms with Crippen molar-refractivity contribution in [1.29, 1.82) is 0 Å². The van der Waals surface area contributed by atoms with Crippen LogP contribution in [0.3, 0.4) is 0 Å². The highest BCUT2D eigenvalue weighted by Gasteiger charge is 2.27. The number of anilines is 2. The lowest BCUT2D eigenvalue weighted by Crippen LogP contribution is -2.30. The second kappa shape index (κ2) is 7.95. The Labute approximate surface area is 165 Å². The second-order valence-electron chi connectivity index (χ2n) is 7.24. The van der Waals surface area contributed by atoms with Crippen LogP contribution in [0.25, 0.3) is 0 Å². The summed E-state index contributed by atoms with van der Waals surface area (Å²) in [5.41, 5.74) is 2.66. The maximum Gasteiger partial charge on any atom is 0.318 e. The SMILES string of the molecule is COc1nc(C)cc(N[C@@H]2CCN(c3nc(C(=O)N(C)C)nc(C)c3C)C2)n1. The third-order valence-electron chi connectivity index (χ3n) is 4.82. The quantitative estimate of drug-likeness (QED) is 0.829. The largest absolute Gasteiger partial charge is 0.467 e. The lowest BCUT2D eigenvalue weighted by Gasteiger charge is -2.22. The van der Waals surface area contributed by atoms with Gasteiger partial charge >= 0.3 is 6.01 Å². The van der Waals surface area contributed by atoms with Crippen LogP contribution in [0.4, 0.5) is 11.6 Å². The number of nitrogens with zero attached hydrogens (tertiary/aromatic N) is 6. The second-order valence-corrected chi connectivity index (χ2v) is 7.24. The van der Waals surface area contributed by atoms with E-state index in [9.17, 15) is 4.79 Å². The van der Waals surface area contributed by atoms with Crippen molar-refractivity contribution in [3.63, 3.8) is 0 Å². The molecule has 28 heavy (non-hydrogen) atoms. The molecule has 0 saturated carbocycles. The average Bonchev–Trinajstić information content (AvgIpc) is 3.10. The van der Waals surface area contributed by atoms with Gasteiger partial charge in [-0.15, -0.1) is 0 Å². The van der Waals surface area contributed by atoms with Crippen LogP contribution in [0.2, 0.25) is 0 Å². The number of amides is 1. The molecule has 9 heteroatoms. The molecular weight excluding hydrogens is 358 g/mol. The van der Waals surface area contributed by atoms with Gasteiger partial charge in [0, 0.05) is 56.2 Å². The summed E-state index contributed by atoms with van der Waals surface area (Å²) in [4.78, 5) is 33.5. The monoisotopic (exact) mass is 385 g/mol. The number of carbonyl (C=O) groups excluding carboxylic acids is 1. The van der Waals surface area contributed by atoms with E-state index in [0.29, 0.717) is 6.01 Å². The number of hydrogen-bond donors (Lipinski definition) is 1. The van der Waals surface area contributed by atoms with Crippen molar-refractivity contribution < 1.29 is 9.53 Å². The smallest absolute Gasteiger partial charge is 0.318 e. The summed E-state index contributed by atoms with van der Waals surface area (Å²) in [5.74, 6) is 1.60. The minimum Gasteiger partial charge on any atom is -0.467 e. The molecule has 1 amide bonds. The van der Waals surface area contributed by atoms with E-state index in [-0.39, 0.29) is 17.8 Å². The fraction of sp³-hybridized carbons (Fsp3) is 0.526. The van der Waals surface area contributed by atoms with Crippen LogP contribution >= 0.6 is 0 Å². The van der Waals surface area contributed by atoms with Gasteiger partial charge in [-0.2, -0.15) is 4.98 Å². The van der Waals surface area contributed by atoms with Crippen molar-refractivity contribution in [3.8, 4) is 6.01 Å². The molecule has 0 bridgehead atoms. The normalized spacial score (nSPS) is 16.2. The zero-order chi connectivity index (χ0) is 20.4. The van der Waals surface area contributed by atoms with E-state index in [4.69, 9.17) is 4.74 Å². The maximum atomic E-state index is 12.3. The molecule has 1 atom stereocenters. The summed E-state index contributed by atoms with van der Waals surface area (Å²) in [7, 11) is 4.96. The highest BCUT2D eigenvalue weighted by molar-refractivity contribution is 5.90. The molecule has 1 N–H and O–H groups in total. The van der Waals surface area contributed by atoms with Gasteiger partial charge in [0.05, 0.1) is 7.11 Å². The van der Waals surface area contributed by atoms with Gasteiger partial charge in [-0.1, -0.05) is 0 Å². The average molecular weight is 385 g/mol. The van der Waals surface area contributed by atoms with Gasteiger partial charge in [0.1, 0.15) is 11.6 Å². The molecule has 0 aliphatic carbocycles. The van der Waals surface area contributed by atoms with Crippen LogP contribution in [0.15, 0.2) is 6.07 Å². The van der Waals surface area contributed by atoms with E-state index < -0.39 is 0 Å². The number of aryl methyl sites for hydroxylation is 2. The Balaban J connectivity index is 1.78. The van der Waals surface area contributed by atoms with Gasteiger partial charge in [0.2, 0.25) is 5.82 Å². The van der Waals surface area contributed by atoms with Crippen LogP contribution < -0.4 is 15.0 Å². The van der Waals surface area contributed by atoms with E-state index in [0.717, 1.165) is 48.1 Å². The Morgan fingerprint density at radius 1 is 1.21 bits per heavy atom. The first-order chi connectivity index (χ1) is 13.3. The molecule has 0 unspecified atom stereocenters. The van der Waals surface area contributed by atoms with Gasteiger partial charge in [-0.3, -0.25) is 4.79 Å². The standard InChI is InChI=1S/C19H27N7O2/c1-11-9-15(23-19(20-11)28-6)22-14-7-8-26(10-14)17-12(2)13(3)21-16(24-17)18(27)25(4)5/h9,14H,7-8,10H2,1-6H3,(H,20,22,23)/t14-/m1/s1. The first kappa shape index (κ1) is 19.8. The Morgan fingerprint density at radius 3 is 2.64 bits per heavy atom. The third kappa shape index (κ3) is 4.13. The number of rotatable bonds is 5. The van der Waals surface area contributed by atoms with Gasteiger partial charge in [0.25, 0.3) is 5.91 Å². The molecule has 3 heterocycles. The molecule has 2 aromatic heterocycles. The summed E-state index contributed by atoms with van der Waals surface area (Å²) < 4.78 is 5.15. The number of aromatic nitrogens is 4. The molecule has 0 spiro atoms. The molecule has 1 aliphatic rings.